The van der Waals surface area contributed by atoms with Gasteiger partial charge in [-0.3, -0.25) is 4.79 Å². The lowest BCUT2D eigenvalue weighted by molar-refractivity contribution is -0.286. The van der Waals surface area contributed by atoms with Gasteiger partial charge in [-0.15, -0.1) is 8.78 Å². The van der Waals surface area contributed by atoms with E-state index >= 15 is 0 Å². The minimum absolute atomic E-state index is 0.0308. The number of halogens is 2. The maximum atomic E-state index is 12.8. The number of carbonyl (C=O) groups is 1. The van der Waals surface area contributed by atoms with Gasteiger partial charge in [0.05, 0.1) is 6.54 Å². The van der Waals surface area contributed by atoms with Crippen LogP contribution in [0.5, 0.6) is 11.5 Å². The molecule has 1 aliphatic heterocycles. The van der Waals surface area contributed by atoms with Crippen molar-refractivity contribution in [2.45, 2.75) is 12.7 Å². The van der Waals surface area contributed by atoms with Crippen molar-refractivity contribution in [3.05, 3.63) is 18.2 Å². The number of benzene rings is 1. The van der Waals surface area contributed by atoms with Crippen LogP contribution in [0, 0.1) is 0 Å². The van der Waals surface area contributed by atoms with Gasteiger partial charge < -0.3 is 24.8 Å². The topological polar surface area (TPSA) is 68.8 Å². The van der Waals surface area contributed by atoms with Crippen LogP contribution in [0.2, 0.25) is 0 Å². The molecule has 6 nitrogen and oxygen atoms in total. The molecule has 0 saturated carbocycles. The number of amides is 1. The summed E-state index contributed by atoms with van der Waals surface area (Å²) in [5.41, 5.74) is 0.488. The molecule has 1 aliphatic rings. The van der Waals surface area contributed by atoms with Crippen molar-refractivity contribution in [1.29, 1.82) is 0 Å². The Morgan fingerprint density at radius 3 is 2.86 bits per heavy atom. The number of carbonyl (C=O) groups excluding carboxylic acids is 1. The van der Waals surface area contributed by atoms with Gasteiger partial charge in [-0.2, -0.15) is 0 Å². The summed E-state index contributed by atoms with van der Waals surface area (Å²) in [4.78, 5) is 11.5. The molecule has 0 radical (unpaired) electrons. The standard InChI is InChI=1S/C13H16F2N2O4/c1-19-6-2-5-16-12(18)8-17-9-3-4-10-11(7-9)21-13(14,15)20-10/h3-4,7,17H,2,5-6,8H2,1H3,(H,16,18). The molecule has 1 aromatic rings. The highest BCUT2D eigenvalue weighted by molar-refractivity contribution is 5.80. The highest BCUT2D eigenvalue weighted by atomic mass is 19.3. The van der Waals surface area contributed by atoms with E-state index in [1.807, 2.05) is 0 Å². The van der Waals surface area contributed by atoms with E-state index in [0.717, 1.165) is 6.42 Å². The lowest BCUT2D eigenvalue weighted by atomic mass is 10.3. The molecule has 116 valence electrons. The van der Waals surface area contributed by atoms with Gasteiger partial charge in [0, 0.05) is 32.0 Å². The van der Waals surface area contributed by atoms with Crippen LogP contribution < -0.4 is 20.1 Å². The molecule has 0 aliphatic carbocycles. The number of hydrogen-bond acceptors (Lipinski definition) is 5. The summed E-state index contributed by atoms with van der Waals surface area (Å²) in [5, 5.41) is 5.51. The molecule has 0 atom stereocenters. The summed E-state index contributed by atoms with van der Waals surface area (Å²) in [6.07, 6.45) is -2.92. The minimum atomic E-state index is -3.64. The van der Waals surface area contributed by atoms with Crippen LogP contribution in [0.1, 0.15) is 6.42 Å². The lowest BCUT2D eigenvalue weighted by Crippen LogP contribution is -2.31. The number of nitrogens with one attached hydrogen (secondary N) is 2. The molecule has 0 bridgehead atoms. The van der Waals surface area contributed by atoms with E-state index in [1.165, 1.54) is 18.2 Å². The van der Waals surface area contributed by atoms with Gasteiger partial charge >= 0.3 is 6.29 Å². The van der Waals surface area contributed by atoms with Crippen LogP contribution in [0.15, 0.2) is 18.2 Å². The van der Waals surface area contributed by atoms with Gasteiger partial charge in [-0.05, 0) is 18.6 Å². The normalized spacial score (nSPS) is 14.8. The predicted octanol–water partition coefficient (Wildman–Crippen LogP) is 1.57. The molecule has 0 aromatic heterocycles. The molecule has 0 unspecified atom stereocenters. The monoisotopic (exact) mass is 302 g/mol. The zero-order chi connectivity index (χ0) is 15.3. The molecule has 0 saturated heterocycles. The van der Waals surface area contributed by atoms with Gasteiger partial charge in [0.15, 0.2) is 11.5 Å². The van der Waals surface area contributed by atoms with Gasteiger partial charge in [0.25, 0.3) is 0 Å². The Hall–Kier alpha value is -2.09. The van der Waals surface area contributed by atoms with Crippen LogP contribution in [0.3, 0.4) is 0 Å². The van der Waals surface area contributed by atoms with Crippen LogP contribution in [-0.4, -0.2) is 39.0 Å². The second kappa shape index (κ2) is 6.57. The number of hydrogen-bond donors (Lipinski definition) is 2. The summed E-state index contributed by atoms with van der Waals surface area (Å²) < 4.78 is 39.1. The zero-order valence-electron chi connectivity index (χ0n) is 11.4. The second-order valence-corrected chi connectivity index (χ2v) is 4.38. The third kappa shape index (κ3) is 4.45. The SMILES string of the molecule is COCCCNC(=O)CNc1ccc2c(c1)OC(F)(F)O2. The molecule has 0 spiro atoms. The number of fused-ring (bicyclic) bond motifs is 1. The van der Waals surface area contributed by atoms with Crippen LogP contribution in [0.25, 0.3) is 0 Å². The molecule has 21 heavy (non-hydrogen) atoms. The predicted molar refractivity (Wildman–Crippen MR) is 70.6 cm³/mol. The molecule has 1 aromatic carbocycles. The van der Waals surface area contributed by atoms with Crippen LogP contribution in [0.4, 0.5) is 14.5 Å². The largest absolute Gasteiger partial charge is 0.586 e. The highest BCUT2D eigenvalue weighted by Gasteiger charge is 2.43. The molecular weight excluding hydrogens is 286 g/mol. The lowest BCUT2D eigenvalue weighted by Gasteiger charge is -2.08. The third-order valence-corrected chi connectivity index (χ3v) is 2.70. The Balaban J connectivity index is 1.78. The van der Waals surface area contributed by atoms with Gasteiger partial charge in [-0.25, -0.2) is 0 Å². The van der Waals surface area contributed by atoms with Crippen molar-refractivity contribution in [3.63, 3.8) is 0 Å². The number of methoxy groups -OCH3 is 1. The quantitative estimate of drug-likeness (QED) is 0.748. The number of alkyl halides is 2. The van der Waals surface area contributed by atoms with Gasteiger partial charge in [-0.1, -0.05) is 0 Å². The first-order valence-corrected chi connectivity index (χ1v) is 6.39. The molecule has 2 N–H and O–H groups in total. The van der Waals surface area contributed by atoms with Crippen molar-refractivity contribution in [2.24, 2.45) is 0 Å². The Morgan fingerprint density at radius 2 is 2.10 bits per heavy atom. The molecule has 2 rings (SSSR count). The fraction of sp³-hybridized carbons (Fsp3) is 0.462. The number of anilines is 1. The Morgan fingerprint density at radius 1 is 1.33 bits per heavy atom. The Bertz CT molecular complexity index is 511. The smallest absolute Gasteiger partial charge is 0.395 e. The fourth-order valence-corrected chi connectivity index (χ4v) is 1.75. The van der Waals surface area contributed by atoms with Gasteiger partial charge in [0.1, 0.15) is 0 Å². The maximum absolute atomic E-state index is 12.8. The van der Waals surface area contributed by atoms with Crippen molar-refractivity contribution in [3.8, 4) is 11.5 Å². The van der Waals surface area contributed by atoms with Crippen LogP contribution >= 0.6 is 0 Å². The van der Waals surface area contributed by atoms with E-state index in [4.69, 9.17) is 4.74 Å². The van der Waals surface area contributed by atoms with E-state index in [0.29, 0.717) is 18.8 Å². The Kier molecular flexibility index (Phi) is 4.79. The highest BCUT2D eigenvalue weighted by Crippen LogP contribution is 2.42. The Labute approximate surface area is 120 Å². The molecule has 1 heterocycles. The van der Waals surface area contributed by atoms with Crippen LogP contribution in [-0.2, 0) is 9.53 Å². The molecular formula is C13H16F2N2O4. The number of ether oxygens (including phenoxy) is 3. The van der Waals surface area contributed by atoms with Crippen molar-refractivity contribution < 1.29 is 27.8 Å². The summed E-state index contributed by atoms with van der Waals surface area (Å²) in [5.74, 6) is -0.297. The van der Waals surface area contributed by atoms with Gasteiger partial charge in [0.2, 0.25) is 5.91 Å². The summed E-state index contributed by atoms with van der Waals surface area (Å²) >= 11 is 0. The first kappa shape index (κ1) is 15.3. The van der Waals surface area contributed by atoms with Crippen molar-refractivity contribution >= 4 is 11.6 Å². The summed E-state index contributed by atoms with van der Waals surface area (Å²) in [6.45, 7) is 1.12. The first-order valence-electron chi connectivity index (χ1n) is 6.39. The van der Waals surface area contributed by atoms with E-state index in [-0.39, 0.29) is 24.0 Å². The molecule has 1 amide bonds. The van der Waals surface area contributed by atoms with E-state index < -0.39 is 6.29 Å². The van der Waals surface area contributed by atoms with Crippen molar-refractivity contribution in [2.75, 3.05) is 32.1 Å². The molecule has 8 heteroatoms. The summed E-state index contributed by atoms with van der Waals surface area (Å²) in [7, 11) is 1.59. The fourth-order valence-electron chi connectivity index (χ4n) is 1.75. The van der Waals surface area contributed by atoms with E-state index in [9.17, 15) is 13.6 Å². The van der Waals surface area contributed by atoms with E-state index in [2.05, 4.69) is 20.1 Å². The zero-order valence-corrected chi connectivity index (χ0v) is 11.4. The average Bonchev–Trinajstić information content (AvgIpc) is 2.74. The molecule has 0 fully saturated rings. The third-order valence-electron chi connectivity index (χ3n) is 2.70. The minimum Gasteiger partial charge on any atom is -0.395 e. The second-order valence-electron chi connectivity index (χ2n) is 4.38. The van der Waals surface area contributed by atoms with Crippen molar-refractivity contribution in [1.82, 2.24) is 5.32 Å². The average molecular weight is 302 g/mol. The summed E-state index contributed by atoms with van der Waals surface area (Å²) in [6, 6.07) is 4.24. The first-order chi connectivity index (χ1) is 10.00. The maximum Gasteiger partial charge on any atom is 0.586 e. The number of rotatable bonds is 7. The van der Waals surface area contributed by atoms with E-state index in [1.54, 1.807) is 7.11 Å².